The number of hydrogen-bond acceptors (Lipinski definition) is 4. The zero-order chi connectivity index (χ0) is 20.4. The number of hydrazone groups is 1. The molecule has 1 saturated carbocycles. The Hall–Kier alpha value is -2.41. The topological polar surface area (TPSA) is 73.8 Å². The van der Waals surface area contributed by atoms with Crippen LogP contribution in [0.15, 0.2) is 53.6 Å². The fourth-order valence-electron chi connectivity index (χ4n) is 3.89. The second kappa shape index (κ2) is 8.14. The average molecular weight is 431 g/mol. The van der Waals surface area contributed by atoms with Gasteiger partial charge in [-0.05, 0) is 67.8 Å². The van der Waals surface area contributed by atoms with Crippen LogP contribution in [0.3, 0.4) is 0 Å². The lowest BCUT2D eigenvalue weighted by molar-refractivity contribution is 0.00851. The highest BCUT2D eigenvalue weighted by Crippen LogP contribution is 2.40. The Morgan fingerprint density at radius 3 is 2.24 bits per heavy atom. The molecule has 0 radical (unpaired) electrons. The number of fused-ring (bicyclic) bond motifs is 1. The van der Waals surface area contributed by atoms with Gasteiger partial charge in [0, 0.05) is 33.3 Å². The third kappa shape index (κ3) is 3.88. The Morgan fingerprint density at radius 2 is 1.59 bits per heavy atom. The Bertz CT molecular complexity index is 946. The van der Waals surface area contributed by atoms with Gasteiger partial charge in [-0.2, -0.15) is 5.10 Å². The summed E-state index contributed by atoms with van der Waals surface area (Å²) in [7, 11) is 0. The average Bonchev–Trinajstić information content (AvgIpc) is 3.12. The van der Waals surface area contributed by atoms with Crippen molar-refractivity contribution in [1.29, 1.82) is 0 Å². The second-order valence-corrected chi connectivity index (χ2v) is 8.12. The normalized spacial score (nSPS) is 23.0. The van der Waals surface area contributed by atoms with Crippen LogP contribution in [-0.4, -0.2) is 28.7 Å². The predicted molar refractivity (Wildman–Crippen MR) is 113 cm³/mol. The van der Waals surface area contributed by atoms with Crippen molar-refractivity contribution in [3.63, 3.8) is 0 Å². The van der Waals surface area contributed by atoms with E-state index in [1.54, 1.807) is 54.7 Å². The summed E-state index contributed by atoms with van der Waals surface area (Å²) in [4.78, 5) is 25.8. The first kappa shape index (κ1) is 19.9. The van der Waals surface area contributed by atoms with E-state index in [-0.39, 0.29) is 17.7 Å². The minimum Gasteiger partial charge on any atom is -0.285 e. The molecule has 29 heavy (non-hydrogen) atoms. The first-order valence-corrected chi connectivity index (χ1v) is 10.2. The van der Waals surface area contributed by atoms with Crippen molar-refractivity contribution in [1.82, 2.24) is 15.9 Å². The van der Waals surface area contributed by atoms with Crippen LogP contribution in [0.1, 0.15) is 46.4 Å². The van der Waals surface area contributed by atoms with Gasteiger partial charge in [-0.3, -0.25) is 15.0 Å². The lowest BCUT2D eigenvalue weighted by Crippen LogP contribution is -2.66. The summed E-state index contributed by atoms with van der Waals surface area (Å²) in [5, 5.41) is 6.99. The molecule has 0 aromatic heterocycles. The van der Waals surface area contributed by atoms with E-state index in [2.05, 4.69) is 16.0 Å². The predicted octanol–water partition coefficient (Wildman–Crippen LogP) is 4.26. The molecule has 2 amide bonds. The summed E-state index contributed by atoms with van der Waals surface area (Å²) < 4.78 is 0. The number of carbonyl (C=O) groups excluding carboxylic acids is 2. The maximum atomic E-state index is 13.2. The zero-order valence-corrected chi connectivity index (χ0v) is 17.1. The molecular weight excluding hydrogens is 411 g/mol. The number of nitrogens with zero attached hydrogens (tertiary/aromatic N) is 2. The van der Waals surface area contributed by atoms with E-state index in [1.807, 2.05) is 0 Å². The van der Waals surface area contributed by atoms with Crippen LogP contribution >= 0.6 is 23.2 Å². The van der Waals surface area contributed by atoms with Crippen LogP contribution in [0, 0.1) is 5.92 Å². The Morgan fingerprint density at radius 1 is 0.966 bits per heavy atom. The number of benzene rings is 2. The molecule has 1 fully saturated rings. The number of amides is 2. The number of halogens is 2. The van der Waals surface area contributed by atoms with E-state index >= 15 is 0 Å². The van der Waals surface area contributed by atoms with E-state index in [0.29, 0.717) is 27.6 Å². The summed E-state index contributed by atoms with van der Waals surface area (Å²) in [6.45, 7) is 0. The van der Waals surface area contributed by atoms with Crippen molar-refractivity contribution in [3.05, 3.63) is 69.7 Å². The summed E-state index contributed by atoms with van der Waals surface area (Å²) in [5.41, 5.74) is 6.08. The summed E-state index contributed by atoms with van der Waals surface area (Å²) in [5.74, 6) is -0.528. The molecule has 0 unspecified atom stereocenters. The SMILES string of the molecule is O=C(NN[C@]12CCCC[C@@H]1C=NN2C(=O)c1ccc(Cl)cc1)c1ccc(Cl)cc1. The number of carbonyl (C=O) groups is 2. The van der Waals surface area contributed by atoms with Crippen molar-refractivity contribution in [3.8, 4) is 0 Å². The molecule has 6 nitrogen and oxygen atoms in total. The van der Waals surface area contributed by atoms with E-state index in [0.717, 1.165) is 19.3 Å². The van der Waals surface area contributed by atoms with Crippen LogP contribution in [0.4, 0.5) is 0 Å². The molecule has 2 aromatic carbocycles. The molecular formula is C21H20Cl2N4O2. The number of rotatable bonds is 4. The molecule has 4 rings (SSSR count). The van der Waals surface area contributed by atoms with Crippen molar-refractivity contribution < 1.29 is 9.59 Å². The summed E-state index contributed by atoms with van der Waals surface area (Å²) >= 11 is 11.8. The third-order valence-electron chi connectivity index (χ3n) is 5.46. The molecule has 1 aliphatic carbocycles. The van der Waals surface area contributed by atoms with Crippen molar-refractivity contribution in [2.45, 2.75) is 31.3 Å². The summed E-state index contributed by atoms with van der Waals surface area (Å²) in [6.07, 6.45) is 5.34. The molecule has 0 spiro atoms. The first-order valence-electron chi connectivity index (χ1n) is 9.47. The highest BCUT2D eigenvalue weighted by molar-refractivity contribution is 6.31. The maximum Gasteiger partial charge on any atom is 0.275 e. The van der Waals surface area contributed by atoms with Crippen LogP contribution in [0.5, 0.6) is 0 Å². The van der Waals surface area contributed by atoms with Crippen LogP contribution in [0.25, 0.3) is 0 Å². The fourth-order valence-corrected chi connectivity index (χ4v) is 4.14. The largest absolute Gasteiger partial charge is 0.285 e. The third-order valence-corrected chi connectivity index (χ3v) is 5.96. The quantitative estimate of drug-likeness (QED) is 0.711. The maximum absolute atomic E-state index is 13.2. The fraction of sp³-hybridized carbons (Fsp3) is 0.286. The van der Waals surface area contributed by atoms with Gasteiger partial charge in [0.15, 0.2) is 0 Å². The molecule has 1 aliphatic heterocycles. The number of hydrogen-bond donors (Lipinski definition) is 2. The van der Waals surface area contributed by atoms with Gasteiger partial charge >= 0.3 is 0 Å². The molecule has 0 bridgehead atoms. The smallest absolute Gasteiger partial charge is 0.275 e. The van der Waals surface area contributed by atoms with Gasteiger partial charge in [0.05, 0.1) is 0 Å². The van der Waals surface area contributed by atoms with Gasteiger partial charge in [-0.15, -0.1) is 0 Å². The van der Waals surface area contributed by atoms with E-state index < -0.39 is 5.66 Å². The molecule has 0 saturated heterocycles. The molecule has 8 heteroatoms. The molecule has 1 heterocycles. The van der Waals surface area contributed by atoms with Crippen molar-refractivity contribution in [2.75, 3.05) is 0 Å². The van der Waals surface area contributed by atoms with E-state index in [1.165, 1.54) is 5.01 Å². The van der Waals surface area contributed by atoms with Gasteiger partial charge in [0.25, 0.3) is 11.8 Å². The van der Waals surface area contributed by atoms with Gasteiger partial charge in [0.2, 0.25) is 0 Å². The lowest BCUT2D eigenvalue weighted by atomic mass is 9.80. The van der Waals surface area contributed by atoms with Crippen molar-refractivity contribution >= 4 is 41.2 Å². The van der Waals surface area contributed by atoms with Gasteiger partial charge in [-0.1, -0.05) is 29.6 Å². The molecule has 2 N–H and O–H groups in total. The first-order chi connectivity index (χ1) is 14.0. The lowest BCUT2D eigenvalue weighted by Gasteiger charge is -2.43. The Labute approximate surface area is 178 Å². The highest BCUT2D eigenvalue weighted by Gasteiger charge is 2.51. The molecule has 2 aliphatic rings. The standard InChI is InChI=1S/C21H20Cl2N4O2/c22-17-8-4-14(5-9-17)19(28)25-26-21-12-2-1-3-16(21)13-24-27(21)20(29)15-6-10-18(23)11-7-15/h4-11,13,16,26H,1-3,12H2,(H,25,28)/t16-,21+/m1/s1. The molecule has 2 aromatic rings. The zero-order valence-electron chi connectivity index (χ0n) is 15.6. The molecule has 2 atom stereocenters. The summed E-state index contributed by atoms with van der Waals surface area (Å²) in [6, 6.07) is 13.3. The molecule has 150 valence electrons. The minimum atomic E-state index is -0.795. The second-order valence-electron chi connectivity index (χ2n) is 7.25. The minimum absolute atomic E-state index is 0.0121. The van der Waals surface area contributed by atoms with Crippen LogP contribution < -0.4 is 10.9 Å². The Kier molecular flexibility index (Phi) is 5.58. The van der Waals surface area contributed by atoms with Crippen LogP contribution in [-0.2, 0) is 0 Å². The van der Waals surface area contributed by atoms with Gasteiger partial charge < -0.3 is 0 Å². The van der Waals surface area contributed by atoms with E-state index in [9.17, 15) is 9.59 Å². The Balaban J connectivity index is 1.56. The monoisotopic (exact) mass is 430 g/mol. The van der Waals surface area contributed by atoms with Crippen LogP contribution in [0.2, 0.25) is 10.0 Å². The number of hydrazine groups is 1. The van der Waals surface area contributed by atoms with Gasteiger partial charge in [0.1, 0.15) is 5.66 Å². The highest BCUT2D eigenvalue weighted by atomic mass is 35.5. The van der Waals surface area contributed by atoms with Gasteiger partial charge in [-0.25, -0.2) is 10.4 Å². The van der Waals surface area contributed by atoms with Crippen molar-refractivity contribution in [2.24, 2.45) is 11.0 Å². The number of nitrogens with one attached hydrogen (secondary N) is 2. The van der Waals surface area contributed by atoms with E-state index in [4.69, 9.17) is 23.2 Å².